The zero-order valence-corrected chi connectivity index (χ0v) is 10.9. The number of nitrogens with one attached hydrogen (secondary N) is 1. The van der Waals surface area contributed by atoms with Crippen LogP contribution in [0.2, 0.25) is 0 Å². The van der Waals surface area contributed by atoms with Crippen LogP contribution in [0.15, 0.2) is 0 Å². The van der Waals surface area contributed by atoms with Gasteiger partial charge >= 0.3 is 0 Å². The van der Waals surface area contributed by atoms with Crippen molar-refractivity contribution in [3.05, 3.63) is 0 Å². The average Bonchev–Trinajstić information content (AvgIpc) is 2.72. The fraction of sp³-hybridized carbons (Fsp3) is 1.00. The second-order valence-electron chi connectivity index (χ2n) is 5.39. The standard InChI is InChI=1S/C13H26N2O/c1-10(11(2)16-3)14-12-7-9-15-8-5-4-6-13(12)15/h10-14H,4-9H2,1-3H3. The molecule has 3 nitrogen and oxygen atoms in total. The van der Waals surface area contributed by atoms with E-state index in [1.807, 2.05) is 0 Å². The molecule has 0 aromatic heterocycles. The summed E-state index contributed by atoms with van der Waals surface area (Å²) in [6.07, 6.45) is 5.80. The van der Waals surface area contributed by atoms with Crippen molar-refractivity contribution < 1.29 is 4.74 Å². The summed E-state index contributed by atoms with van der Waals surface area (Å²) >= 11 is 0. The van der Waals surface area contributed by atoms with Gasteiger partial charge in [0.15, 0.2) is 0 Å². The lowest BCUT2D eigenvalue weighted by Gasteiger charge is -2.34. The molecule has 0 aromatic carbocycles. The molecule has 0 radical (unpaired) electrons. The SMILES string of the molecule is COC(C)C(C)NC1CCN2CCCCC12. The topological polar surface area (TPSA) is 24.5 Å². The van der Waals surface area contributed by atoms with Crippen LogP contribution in [0.1, 0.15) is 39.5 Å². The Balaban J connectivity index is 1.85. The Kier molecular flexibility index (Phi) is 4.22. The molecule has 0 aliphatic carbocycles. The van der Waals surface area contributed by atoms with Crippen molar-refractivity contribution in [3.63, 3.8) is 0 Å². The van der Waals surface area contributed by atoms with E-state index in [0.717, 1.165) is 6.04 Å². The smallest absolute Gasteiger partial charge is 0.0693 e. The summed E-state index contributed by atoms with van der Waals surface area (Å²) in [7, 11) is 1.80. The lowest BCUT2D eigenvalue weighted by atomic mass is 9.98. The zero-order chi connectivity index (χ0) is 11.5. The highest BCUT2D eigenvalue weighted by atomic mass is 16.5. The number of methoxy groups -OCH3 is 1. The van der Waals surface area contributed by atoms with Crippen molar-refractivity contribution >= 4 is 0 Å². The van der Waals surface area contributed by atoms with Gasteiger partial charge in [0.05, 0.1) is 6.10 Å². The Morgan fingerprint density at radius 2 is 2.00 bits per heavy atom. The minimum Gasteiger partial charge on any atom is -0.380 e. The van der Waals surface area contributed by atoms with E-state index in [4.69, 9.17) is 4.74 Å². The third kappa shape index (κ3) is 2.58. The molecule has 0 aromatic rings. The Hall–Kier alpha value is -0.120. The maximum absolute atomic E-state index is 5.38. The Morgan fingerprint density at radius 3 is 2.75 bits per heavy atom. The molecule has 2 heterocycles. The van der Waals surface area contributed by atoms with Crippen LogP contribution >= 0.6 is 0 Å². The largest absolute Gasteiger partial charge is 0.380 e. The number of hydrogen-bond donors (Lipinski definition) is 1. The van der Waals surface area contributed by atoms with Crippen LogP contribution in [0.4, 0.5) is 0 Å². The first kappa shape index (κ1) is 12.3. The van der Waals surface area contributed by atoms with Gasteiger partial charge in [-0.25, -0.2) is 0 Å². The lowest BCUT2D eigenvalue weighted by molar-refractivity contribution is 0.0794. The maximum atomic E-state index is 5.38. The average molecular weight is 226 g/mol. The molecule has 2 saturated heterocycles. The molecule has 16 heavy (non-hydrogen) atoms. The van der Waals surface area contributed by atoms with Crippen LogP contribution in [0.3, 0.4) is 0 Å². The van der Waals surface area contributed by atoms with Crippen molar-refractivity contribution in [2.24, 2.45) is 0 Å². The highest BCUT2D eigenvalue weighted by molar-refractivity contribution is 4.95. The summed E-state index contributed by atoms with van der Waals surface area (Å²) < 4.78 is 5.38. The van der Waals surface area contributed by atoms with Crippen LogP contribution in [-0.2, 0) is 4.74 Å². The van der Waals surface area contributed by atoms with E-state index < -0.39 is 0 Å². The second kappa shape index (κ2) is 5.48. The van der Waals surface area contributed by atoms with Gasteiger partial charge in [-0.1, -0.05) is 6.42 Å². The molecule has 2 aliphatic rings. The van der Waals surface area contributed by atoms with E-state index in [1.165, 1.54) is 38.8 Å². The van der Waals surface area contributed by atoms with Crippen molar-refractivity contribution in [2.75, 3.05) is 20.2 Å². The first-order chi connectivity index (χ1) is 7.72. The number of nitrogens with zero attached hydrogens (tertiary/aromatic N) is 1. The van der Waals surface area contributed by atoms with Gasteiger partial charge in [0.25, 0.3) is 0 Å². The summed E-state index contributed by atoms with van der Waals surface area (Å²) in [5.41, 5.74) is 0. The molecule has 2 aliphatic heterocycles. The van der Waals surface area contributed by atoms with Gasteiger partial charge in [0, 0.05) is 31.8 Å². The van der Waals surface area contributed by atoms with Crippen LogP contribution in [0.25, 0.3) is 0 Å². The van der Waals surface area contributed by atoms with Crippen LogP contribution in [0, 0.1) is 0 Å². The van der Waals surface area contributed by atoms with E-state index in [0.29, 0.717) is 18.2 Å². The van der Waals surface area contributed by atoms with Crippen molar-refractivity contribution in [2.45, 2.75) is 63.8 Å². The Morgan fingerprint density at radius 1 is 1.19 bits per heavy atom. The van der Waals surface area contributed by atoms with E-state index >= 15 is 0 Å². The normalized spacial score (nSPS) is 34.7. The monoisotopic (exact) mass is 226 g/mol. The minimum absolute atomic E-state index is 0.303. The summed E-state index contributed by atoms with van der Waals surface area (Å²) in [6, 6.07) is 1.94. The van der Waals surface area contributed by atoms with Gasteiger partial charge in [-0.3, -0.25) is 4.90 Å². The highest BCUT2D eigenvalue weighted by Crippen LogP contribution is 2.27. The maximum Gasteiger partial charge on any atom is 0.0693 e. The number of ether oxygens (including phenoxy) is 1. The van der Waals surface area contributed by atoms with Crippen molar-refractivity contribution in [3.8, 4) is 0 Å². The predicted octanol–water partition coefficient (Wildman–Crippen LogP) is 1.63. The van der Waals surface area contributed by atoms with Gasteiger partial charge in [-0.15, -0.1) is 0 Å². The van der Waals surface area contributed by atoms with Crippen LogP contribution in [0.5, 0.6) is 0 Å². The summed E-state index contributed by atoms with van der Waals surface area (Å²) in [5.74, 6) is 0. The minimum atomic E-state index is 0.303. The molecule has 94 valence electrons. The number of hydrogen-bond acceptors (Lipinski definition) is 3. The van der Waals surface area contributed by atoms with E-state index in [-0.39, 0.29) is 0 Å². The number of fused-ring (bicyclic) bond motifs is 1. The van der Waals surface area contributed by atoms with Gasteiger partial charge in [-0.05, 0) is 39.7 Å². The molecular weight excluding hydrogens is 200 g/mol. The molecule has 0 amide bonds. The van der Waals surface area contributed by atoms with E-state index in [1.54, 1.807) is 7.11 Å². The molecule has 2 fully saturated rings. The molecule has 4 unspecified atom stereocenters. The lowest BCUT2D eigenvalue weighted by Crippen LogP contribution is -2.50. The molecular formula is C13H26N2O. The van der Waals surface area contributed by atoms with Gasteiger partial charge < -0.3 is 10.1 Å². The Labute approximate surface area is 99.5 Å². The molecule has 0 spiro atoms. The first-order valence-electron chi connectivity index (χ1n) is 6.75. The fourth-order valence-electron chi connectivity index (χ4n) is 3.12. The summed E-state index contributed by atoms with van der Waals surface area (Å²) in [6.45, 7) is 6.98. The zero-order valence-electron chi connectivity index (χ0n) is 10.9. The second-order valence-corrected chi connectivity index (χ2v) is 5.39. The molecule has 0 bridgehead atoms. The van der Waals surface area contributed by atoms with Gasteiger partial charge in [0.2, 0.25) is 0 Å². The quantitative estimate of drug-likeness (QED) is 0.788. The third-order valence-electron chi connectivity index (χ3n) is 4.41. The third-order valence-corrected chi connectivity index (χ3v) is 4.41. The number of rotatable bonds is 4. The van der Waals surface area contributed by atoms with Crippen molar-refractivity contribution in [1.82, 2.24) is 10.2 Å². The van der Waals surface area contributed by atoms with Crippen LogP contribution in [-0.4, -0.2) is 49.3 Å². The molecule has 1 N–H and O–H groups in total. The summed E-state index contributed by atoms with van der Waals surface area (Å²) in [4.78, 5) is 2.67. The first-order valence-corrected chi connectivity index (χ1v) is 6.75. The molecule has 0 saturated carbocycles. The summed E-state index contributed by atoms with van der Waals surface area (Å²) in [5, 5.41) is 3.76. The predicted molar refractivity (Wildman–Crippen MR) is 66.7 cm³/mol. The molecule has 4 atom stereocenters. The van der Waals surface area contributed by atoms with Crippen molar-refractivity contribution in [1.29, 1.82) is 0 Å². The van der Waals surface area contributed by atoms with Gasteiger partial charge in [0.1, 0.15) is 0 Å². The van der Waals surface area contributed by atoms with E-state index in [2.05, 4.69) is 24.1 Å². The highest BCUT2D eigenvalue weighted by Gasteiger charge is 2.36. The van der Waals surface area contributed by atoms with E-state index in [9.17, 15) is 0 Å². The molecule has 3 heteroatoms. The fourth-order valence-corrected chi connectivity index (χ4v) is 3.12. The molecule has 2 rings (SSSR count). The van der Waals surface area contributed by atoms with Crippen LogP contribution < -0.4 is 5.32 Å². The Bertz CT molecular complexity index is 222. The van der Waals surface area contributed by atoms with Gasteiger partial charge in [-0.2, -0.15) is 0 Å². The number of piperidine rings is 1.